The number of hydrogen-bond donors (Lipinski definition) is 1. The van der Waals surface area contributed by atoms with E-state index in [1.807, 2.05) is 19.1 Å². The molecule has 4 nitrogen and oxygen atoms in total. The number of nitrogens with one attached hydrogen (secondary N) is 1. The maximum absolute atomic E-state index is 11.7. The second-order valence-electron chi connectivity index (χ2n) is 4.89. The quantitative estimate of drug-likeness (QED) is 0.814. The SMILES string of the molecule is COC(=O)C1(C)CC(Cc2ccco2)CCN1. The maximum Gasteiger partial charge on any atom is 0.325 e. The Balaban J connectivity index is 1.99. The molecule has 0 radical (unpaired) electrons. The first-order valence-corrected chi connectivity index (χ1v) is 6.00. The lowest BCUT2D eigenvalue weighted by atomic mass is 9.81. The largest absolute Gasteiger partial charge is 0.469 e. The van der Waals surface area contributed by atoms with Gasteiger partial charge in [-0.15, -0.1) is 0 Å². The second kappa shape index (κ2) is 4.92. The fourth-order valence-corrected chi connectivity index (χ4v) is 2.57. The molecule has 0 bridgehead atoms. The highest BCUT2D eigenvalue weighted by Crippen LogP contribution is 2.28. The van der Waals surface area contributed by atoms with E-state index in [0.717, 1.165) is 31.6 Å². The van der Waals surface area contributed by atoms with E-state index in [1.165, 1.54) is 7.11 Å². The Bertz CT molecular complexity index is 374. The van der Waals surface area contributed by atoms with Crippen LogP contribution < -0.4 is 5.32 Å². The van der Waals surface area contributed by atoms with E-state index in [2.05, 4.69) is 5.32 Å². The molecular weight excluding hydrogens is 218 g/mol. The van der Waals surface area contributed by atoms with Crippen molar-refractivity contribution in [3.05, 3.63) is 24.2 Å². The molecule has 17 heavy (non-hydrogen) atoms. The number of hydrogen-bond acceptors (Lipinski definition) is 4. The molecule has 0 spiro atoms. The van der Waals surface area contributed by atoms with Crippen molar-refractivity contribution in [2.24, 2.45) is 5.92 Å². The summed E-state index contributed by atoms with van der Waals surface area (Å²) in [6.45, 7) is 2.75. The van der Waals surface area contributed by atoms with Gasteiger partial charge in [0.2, 0.25) is 0 Å². The van der Waals surface area contributed by atoms with Crippen molar-refractivity contribution in [3.63, 3.8) is 0 Å². The zero-order chi connectivity index (χ0) is 12.3. The van der Waals surface area contributed by atoms with Gasteiger partial charge in [-0.1, -0.05) is 0 Å². The number of methoxy groups -OCH3 is 1. The van der Waals surface area contributed by atoms with Gasteiger partial charge in [-0.25, -0.2) is 0 Å². The number of furan rings is 1. The summed E-state index contributed by atoms with van der Waals surface area (Å²) in [5.74, 6) is 1.28. The van der Waals surface area contributed by atoms with Gasteiger partial charge < -0.3 is 14.5 Å². The molecule has 2 unspecified atom stereocenters. The zero-order valence-corrected chi connectivity index (χ0v) is 10.4. The van der Waals surface area contributed by atoms with Gasteiger partial charge in [-0.05, 0) is 44.4 Å². The van der Waals surface area contributed by atoms with Crippen LogP contribution in [0.25, 0.3) is 0 Å². The minimum absolute atomic E-state index is 0.179. The maximum atomic E-state index is 11.7. The molecule has 1 saturated heterocycles. The first-order chi connectivity index (χ1) is 8.14. The third-order valence-corrected chi connectivity index (χ3v) is 3.47. The lowest BCUT2D eigenvalue weighted by Gasteiger charge is -2.36. The van der Waals surface area contributed by atoms with Crippen LogP contribution in [0.3, 0.4) is 0 Å². The van der Waals surface area contributed by atoms with Crippen LogP contribution in [0.5, 0.6) is 0 Å². The first kappa shape index (κ1) is 12.2. The monoisotopic (exact) mass is 237 g/mol. The van der Waals surface area contributed by atoms with Crippen molar-refractivity contribution in [2.45, 2.75) is 31.7 Å². The first-order valence-electron chi connectivity index (χ1n) is 6.00. The fraction of sp³-hybridized carbons (Fsp3) is 0.615. The minimum atomic E-state index is -0.551. The third-order valence-electron chi connectivity index (χ3n) is 3.47. The molecule has 1 fully saturated rings. The van der Waals surface area contributed by atoms with Crippen LogP contribution in [-0.4, -0.2) is 25.2 Å². The van der Waals surface area contributed by atoms with Crippen LogP contribution in [-0.2, 0) is 16.0 Å². The van der Waals surface area contributed by atoms with Crippen LogP contribution in [0.15, 0.2) is 22.8 Å². The normalized spacial score (nSPS) is 28.9. The Morgan fingerprint density at radius 3 is 3.18 bits per heavy atom. The van der Waals surface area contributed by atoms with Crippen molar-refractivity contribution in [1.82, 2.24) is 5.32 Å². The second-order valence-corrected chi connectivity index (χ2v) is 4.89. The predicted molar refractivity (Wildman–Crippen MR) is 63.6 cm³/mol. The van der Waals surface area contributed by atoms with Crippen LogP contribution in [0.4, 0.5) is 0 Å². The predicted octanol–water partition coefficient (Wildman–Crippen LogP) is 1.75. The van der Waals surface area contributed by atoms with E-state index in [9.17, 15) is 4.79 Å². The van der Waals surface area contributed by atoms with Gasteiger partial charge in [-0.3, -0.25) is 4.79 Å². The smallest absolute Gasteiger partial charge is 0.325 e. The summed E-state index contributed by atoms with van der Waals surface area (Å²) in [5, 5.41) is 3.25. The van der Waals surface area contributed by atoms with E-state index in [-0.39, 0.29) is 5.97 Å². The Morgan fingerprint density at radius 2 is 2.53 bits per heavy atom. The molecule has 1 aromatic heterocycles. The van der Waals surface area contributed by atoms with Crippen molar-refractivity contribution in [3.8, 4) is 0 Å². The summed E-state index contributed by atoms with van der Waals surface area (Å²) in [4.78, 5) is 11.7. The highest BCUT2D eigenvalue weighted by Gasteiger charge is 2.39. The molecule has 2 atom stereocenters. The molecule has 0 aliphatic carbocycles. The molecule has 94 valence electrons. The lowest BCUT2D eigenvalue weighted by molar-refractivity contribution is -0.149. The minimum Gasteiger partial charge on any atom is -0.469 e. The molecule has 2 heterocycles. The topological polar surface area (TPSA) is 51.5 Å². The average molecular weight is 237 g/mol. The van der Waals surface area contributed by atoms with Crippen LogP contribution in [0.2, 0.25) is 0 Å². The van der Waals surface area contributed by atoms with Gasteiger partial charge in [0.1, 0.15) is 11.3 Å². The molecule has 0 amide bonds. The van der Waals surface area contributed by atoms with Gasteiger partial charge in [0.25, 0.3) is 0 Å². The summed E-state index contributed by atoms with van der Waals surface area (Å²) in [7, 11) is 1.44. The molecule has 1 aliphatic rings. The summed E-state index contributed by atoms with van der Waals surface area (Å²) in [5.41, 5.74) is -0.551. The Morgan fingerprint density at radius 1 is 1.71 bits per heavy atom. The molecule has 0 aromatic carbocycles. The number of ether oxygens (including phenoxy) is 1. The standard InChI is InChI=1S/C13H19NO3/c1-13(12(15)16-2)9-10(5-6-14-13)8-11-4-3-7-17-11/h3-4,7,10,14H,5-6,8-9H2,1-2H3. The van der Waals surface area contributed by atoms with E-state index in [0.29, 0.717) is 5.92 Å². The summed E-state index contributed by atoms with van der Waals surface area (Å²) < 4.78 is 10.2. The van der Waals surface area contributed by atoms with Crippen molar-refractivity contribution < 1.29 is 13.9 Å². The Labute approximate surface area is 101 Å². The molecule has 1 N–H and O–H groups in total. The van der Waals surface area contributed by atoms with E-state index < -0.39 is 5.54 Å². The van der Waals surface area contributed by atoms with Gasteiger partial charge in [0.15, 0.2) is 0 Å². The summed E-state index contributed by atoms with van der Waals surface area (Å²) >= 11 is 0. The van der Waals surface area contributed by atoms with Crippen molar-refractivity contribution >= 4 is 5.97 Å². The van der Waals surface area contributed by atoms with E-state index >= 15 is 0 Å². The van der Waals surface area contributed by atoms with Gasteiger partial charge >= 0.3 is 5.97 Å². The fourth-order valence-electron chi connectivity index (χ4n) is 2.57. The summed E-state index contributed by atoms with van der Waals surface area (Å²) in [6.07, 6.45) is 4.44. The molecule has 1 aliphatic heterocycles. The van der Waals surface area contributed by atoms with E-state index in [1.54, 1.807) is 6.26 Å². The number of piperidine rings is 1. The molecule has 1 aromatic rings. The van der Waals surface area contributed by atoms with Gasteiger partial charge in [-0.2, -0.15) is 0 Å². The number of carbonyl (C=O) groups excluding carboxylic acids is 1. The molecule has 0 saturated carbocycles. The third kappa shape index (κ3) is 2.69. The number of esters is 1. The lowest BCUT2D eigenvalue weighted by Crippen LogP contribution is -2.55. The molecule has 4 heteroatoms. The van der Waals surface area contributed by atoms with E-state index in [4.69, 9.17) is 9.15 Å². The van der Waals surface area contributed by atoms with Crippen LogP contribution in [0.1, 0.15) is 25.5 Å². The number of rotatable bonds is 3. The van der Waals surface area contributed by atoms with Crippen molar-refractivity contribution in [1.29, 1.82) is 0 Å². The average Bonchev–Trinajstić information content (AvgIpc) is 2.81. The molecular formula is C13H19NO3. The Kier molecular flexibility index (Phi) is 3.52. The summed E-state index contributed by atoms with van der Waals surface area (Å²) in [6, 6.07) is 3.88. The highest BCUT2D eigenvalue weighted by molar-refractivity contribution is 5.80. The van der Waals surface area contributed by atoms with Crippen molar-refractivity contribution in [2.75, 3.05) is 13.7 Å². The Hall–Kier alpha value is -1.29. The zero-order valence-electron chi connectivity index (χ0n) is 10.4. The van der Waals surface area contributed by atoms with Gasteiger partial charge in [0.05, 0.1) is 13.4 Å². The number of carbonyl (C=O) groups is 1. The highest BCUT2D eigenvalue weighted by atomic mass is 16.5. The molecule has 2 rings (SSSR count). The van der Waals surface area contributed by atoms with Crippen LogP contribution >= 0.6 is 0 Å². The van der Waals surface area contributed by atoms with Gasteiger partial charge in [0, 0.05) is 6.42 Å². The van der Waals surface area contributed by atoms with Crippen LogP contribution in [0, 0.1) is 5.92 Å².